The molecule has 1 aromatic heterocycles. The number of carbonyl (C=O) groups is 1. The van der Waals surface area contributed by atoms with E-state index in [9.17, 15) is 4.79 Å². The Bertz CT molecular complexity index is 735. The van der Waals surface area contributed by atoms with E-state index in [1.165, 1.54) is 11.1 Å². The minimum atomic E-state index is -0.164. The van der Waals surface area contributed by atoms with Gasteiger partial charge in [-0.3, -0.25) is 14.4 Å². The monoisotopic (exact) mass is 312 g/mol. The van der Waals surface area contributed by atoms with E-state index in [1.807, 2.05) is 27.8 Å². The Morgan fingerprint density at radius 3 is 2.61 bits per heavy atom. The van der Waals surface area contributed by atoms with Crippen molar-refractivity contribution in [1.29, 1.82) is 0 Å². The van der Waals surface area contributed by atoms with Gasteiger partial charge in [0.1, 0.15) is 0 Å². The number of amides is 1. The highest BCUT2D eigenvalue weighted by molar-refractivity contribution is 5.95. The second-order valence-corrected chi connectivity index (χ2v) is 6.32. The summed E-state index contributed by atoms with van der Waals surface area (Å²) < 4.78 is 1.80. The first-order valence-corrected chi connectivity index (χ1v) is 8.09. The molecule has 0 fully saturated rings. The summed E-state index contributed by atoms with van der Waals surface area (Å²) >= 11 is 0. The van der Waals surface area contributed by atoms with Crippen LogP contribution in [0.2, 0.25) is 0 Å². The molecule has 1 amide bonds. The maximum atomic E-state index is 12.6. The molecule has 5 nitrogen and oxygen atoms in total. The number of hydrogen-bond acceptors (Lipinski definition) is 3. The van der Waals surface area contributed by atoms with Crippen LogP contribution in [-0.2, 0) is 24.8 Å². The van der Waals surface area contributed by atoms with Gasteiger partial charge in [0.15, 0.2) is 0 Å². The van der Waals surface area contributed by atoms with Gasteiger partial charge in [0, 0.05) is 20.1 Å². The van der Waals surface area contributed by atoms with Crippen molar-refractivity contribution in [2.45, 2.75) is 39.8 Å². The number of fused-ring (bicyclic) bond motifs is 1. The maximum absolute atomic E-state index is 12.6. The lowest BCUT2D eigenvalue weighted by Gasteiger charge is -2.32. The zero-order valence-corrected chi connectivity index (χ0v) is 14.3. The summed E-state index contributed by atoms with van der Waals surface area (Å²) in [5.41, 5.74) is 5.39. The van der Waals surface area contributed by atoms with Gasteiger partial charge in [0.05, 0.1) is 23.1 Å². The second kappa shape index (κ2) is 6.16. The molecule has 1 unspecified atom stereocenters. The van der Waals surface area contributed by atoms with Crippen molar-refractivity contribution in [3.05, 3.63) is 46.8 Å². The third-order valence-corrected chi connectivity index (χ3v) is 4.84. The maximum Gasteiger partial charge on any atom is 0.241 e. The van der Waals surface area contributed by atoms with Crippen molar-refractivity contribution < 1.29 is 4.79 Å². The van der Waals surface area contributed by atoms with Crippen LogP contribution < -0.4 is 5.32 Å². The number of aromatic nitrogens is 2. The topological polar surface area (TPSA) is 50.2 Å². The Labute approximate surface area is 137 Å². The van der Waals surface area contributed by atoms with Crippen LogP contribution in [0.5, 0.6) is 0 Å². The normalized spacial score (nSPS) is 16.0. The van der Waals surface area contributed by atoms with Gasteiger partial charge in [0.25, 0.3) is 0 Å². The number of aryl methyl sites for hydroxylation is 2. The molecule has 1 N–H and O–H groups in total. The zero-order valence-electron chi connectivity index (χ0n) is 14.3. The van der Waals surface area contributed by atoms with Crippen LogP contribution >= 0.6 is 0 Å². The molecule has 23 heavy (non-hydrogen) atoms. The fourth-order valence-electron chi connectivity index (χ4n) is 3.20. The second-order valence-electron chi connectivity index (χ2n) is 6.32. The number of hydrogen-bond donors (Lipinski definition) is 1. The molecule has 1 aliphatic heterocycles. The van der Waals surface area contributed by atoms with Crippen molar-refractivity contribution in [1.82, 2.24) is 14.7 Å². The van der Waals surface area contributed by atoms with Crippen molar-refractivity contribution in [2.75, 3.05) is 11.9 Å². The summed E-state index contributed by atoms with van der Waals surface area (Å²) in [6.07, 6.45) is 0.999. The van der Waals surface area contributed by atoms with Crippen molar-refractivity contribution >= 4 is 11.6 Å². The molecule has 0 spiro atoms. The Kier molecular flexibility index (Phi) is 4.22. The van der Waals surface area contributed by atoms with Gasteiger partial charge in [0.2, 0.25) is 5.91 Å². The molecule has 0 aliphatic carbocycles. The van der Waals surface area contributed by atoms with E-state index in [2.05, 4.69) is 39.6 Å². The standard InChI is InChI=1S/C18H24N4O/c1-12-17(13(2)21(4)20-12)19-18(23)14(3)22-10-9-15-7-5-6-8-16(15)11-22/h5-8,14H,9-11H2,1-4H3,(H,19,23). The Balaban J connectivity index is 1.71. The third-order valence-electron chi connectivity index (χ3n) is 4.84. The van der Waals surface area contributed by atoms with Gasteiger partial charge in [-0.15, -0.1) is 0 Å². The summed E-state index contributed by atoms with van der Waals surface area (Å²) in [6.45, 7) is 7.61. The van der Waals surface area contributed by atoms with Gasteiger partial charge in [-0.2, -0.15) is 5.10 Å². The van der Waals surface area contributed by atoms with E-state index >= 15 is 0 Å². The average molecular weight is 312 g/mol. The number of nitrogens with one attached hydrogen (secondary N) is 1. The first-order chi connectivity index (χ1) is 11.0. The summed E-state index contributed by atoms with van der Waals surface area (Å²) in [5.74, 6) is 0.0311. The van der Waals surface area contributed by atoms with E-state index < -0.39 is 0 Å². The third kappa shape index (κ3) is 3.01. The molecule has 2 heterocycles. The summed E-state index contributed by atoms with van der Waals surface area (Å²) in [4.78, 5) is 14.9. The van der Waals surface area contributed by atoms with E-state index in [0.29, 0.717) is 0 Å². The van der Waals surface area contributed by atoms with Crippen molar-refractivity contribution in [3.63, 3.8) is 0 Å². The van der Waals surface area contributed by atoms with Crippen molar-refractivity contribution in [2.24, 2.45) is 7.05 Å². The van der Waals surface area contributed by atoms with Crippen LogP contribution in [-0.4, -0.2) is 33.2 Å². The van der Waals surface area contributed by atoms with Gasteiger partial charge in [-0.05, 0) is 38.3 Å². The Morgan fingerprint density at radius 1 is 1.26 bits per heavy atom. The number of anilines is 1. The molecule has 5 heteroatoms. The molecular weight excluding hydrogens is 288 g/mol. The Hall–Kier alpha value is -2.14. The highest BCUT2D eigenvalue weighted by Crippen LogP contribution is 2.22. The summed E-state index contributed by atoms with van der Waals surface area (Å²) in [6, 6.07) is 8.32. The molecule has 2 aromatic rings. The largest absolute Gasteiger partial charge is 0.322 e. The lowest BCUT2D eigenvalue weighted by molar-refractivity contribution is -0.121. The fourth-order valence-corrected chi connectivity index (χ4v) is 3.20. The van der Waals surface area contributed by atoms with Gasteiger partial charge >= 0.3 is 0 Å². The predicted octanol–water partition coefficient (Wildman–Crippen LogP) is 2.42. The molecule has 1 aromatic carbocycles. The first-order valence-electron chi connectivity index (χ1n) is 8.09. The molecule has 0 radical (unpaired) electrons. The lowest BCUT2D eigenvalue weighted by Crippen LogP contribution is -2.44. The van der Waals surface area contributed by atoms with Crippen molar-refractivity contribution in [3.8, 4) is 0 Å². The highest BCUT2D eigenvalue weighted by atomic mass is 16.2. The number of nitrogens with zero attached hydrogens (tertiary/aromatic N) is 3. The van der Waals surface area contributed by atoms with Crippen LogP contribution in [0.3, 0.4) is 0 Å². The number of rotatable bonds is 3. The van der Waals surface area contributed by atoms with E-state index in [4.69, 9.17) is 0 Å². The van der Waals surface area contributed by atoms with E-state index in [0.717, 1.165) is 36.6 Å². The average Bonchev–Trinajstić information content (AvgIpc) is 2.80. The molecule has 0 saturated carbocycles. The summed E-state index contributed by atoms with van der Waals surface area (Å²) in [7, 11) is 1.89. The number of carbonyl (C=O) groups excluding carboxylic acids is 1. The van der Waals surface area contributed by atoms with Crippen LogP contribution in [0.4, 0.5) is 5.69 Å². The molecule has 0 bridgehead atoms. The molecule has 3 rings (SSSR count). The SMILES string of the molecule is Cc1nn(C)c(C)c1NC(=O)C(C)N1CCc2ccccc2C1. The minimum absolute atomic E-state index is 0.0311. The first kappa shape index (κ1) is 15.7. The van der Waals surface area contributed by atoms with E-state index in [1.54, 1.807) is 4.68 Å². The van der Waals surface area contributed by atoms with Gasteiger partial charge < -0.3 is 5.32 Å². The molecule has 1 aliphatic rings. The predicted molar refractivity (Wildman–Crippen MR) is 91.3 cm³/mol. The van der Waals surface area contributed by atoms with E-state index in [-0.39, 0.29) is 11.9 Å². The van der Waals surface area contributed by atoms with Crippen LogP contribution in [0, 0.1) is 13.8 Å². The molecule has 0 saturated heterocycles. The quantitative estimate of drug-likeness (QED) is 0.947. The molecular formula is C18H24N4O. The van der Waals surface area contributed by atoms with Crippen LogP contribution in [0.1, 0.15) is 29.4 Å². The molecule has 122 valence electrons. The lowest BCUT2D eigenvalue weighted by atomic mass is 9.99. The van der Waals surface area contributed by atoms with Crippen LogP contribution in [0.25, 0.3) is 0 Å². The van der Waals surface area contributed by atoms with Crippen LogP contribution in [0.15, 0.2) is 24.3 Å². The minimum Gasteiger partial charge on any atom is -0.322 e. The fraction of sp³-hybridized carbons (Fsp3) is 0.444. The Morgan fingerprint density at radius 2 is 1.96 bits per heavy atom. The smallest absolute Gasteiger partial charge is 0.241 e. The number of benzene rings is 1. The zero-order chi connectivity index (χ0) is 16.6. The van der Waals surface area contributed by atoms with Gasteiger partial charge in [-0.1, -0.05) is 24.3 Å². The highest BCUT2D eigenvalue weighted by Gasteiger charge is 2.26. The van der Waals surface area contributed by atoms with Gasteiger partial charge in [-0.25, -0.2) is 0 Å². The molecule has 1 atom stereocenters. The summed E-state index contributed by atoms with van der Waals surface area (Å²) in [5, 5.41) is 7.41.